The van der Waals surface area contributed by atoms with Crippen molar-refractivity contribution in [2.24, 2.45) is 35.5 Å². The highest BCUT2D eigenvalue weighted by Crippen LogP contribution is 2.37. The van der Waals surface area contributed by atoms with Crippen LogP contribution in [-0.2, 0) is 0 Å². The minimum absolute atomic E-state index is 0.114. The molecule has 1 aromatic heterocycles. The molecule has 0 radical (unpaired) electrons. The molecule has 2 saturated carbocycles. The summed E-state index contributed by atoms with van der Waals surface area (Å²) in [5.74, 6) is 3.45. The summed E-state index contributed by atoms with van der Waals surface area (Å²) in [6.07, 6.45) is 7.15. The Kier molecular flexibility index (Phi) is 7.63. The Morgan fingerprint density at radius 2 is 1.14 bits per heavy atom. The van der Waals surface area contributed by atoms with E-state index < -0.39 is 0 Å². The summed E-state index contributed by atoms with van der Waals surface area (Å²) in [6, 6.07) is 0.601. The van der Waals surface area contributed by atoms with E-state index in [1.165, 1.54) is 25.7 Å². The molecule has 2 aliphatic carbocycles. The first-order valence-corrected chi connectivity index (χ1v) is 11.9. The van der Waals surface area contributed by atoms with Crippen LogP contribution in [0.1, 0.15) is 80.1 Å². The van der Waals surface area contributed by atoms with Crippen LogP contribution < -0.4 is 9.47 Å². The first-order valence-electron chi connectivity index (χ1n) is 11.5. The molecule has 3 rings (SSSR count). The SMILES string of the molecule is CC(C)[C@@H]1CC[C@@H](C)C[C@H]1Oc1nc(Cl)nc(O[C@@H]2C[C@H](C)CC[C@H]2C(C)C)n1. The monoisotopic (exact) mass is 423 g/mol. The molecule has 1 aromatic rings. The Morgan fingerprint density at radius 3 is 1.52 bits per heavy atom. The molecule has 0 saturated heterocycles. The normalized spacial score (nSPS) is 33.1. The standard InChI is InChI=1S/C23H38ClN3O2/c1-13(2)17-9-7-15(5)11-19(17)28-22-25-21(24)26-23(27-22)29-20-12-16(6)8-10-18(20)14(3)4/h13-20H,7-12H2,1-6H3/t15-,16-,17+,18+,19-,20-/m1/s1. The van der Waals surface area contributed by atoms with Gasteiger partial charge in [-0.1, -0.05) is 54.4 Å². The van der Waals surface area contributed by atoms with Gasteiger partial charge in [-0.05, 0) is 72.8 Å². The van der Waals surface area contributed by atoms with E-state index in [0.29, 0.717) is 47.5 Å². The second-order valence-electron chi connectivity index (χ2n) is 10.1. The fourth-order valence-corrected chi connectivity index (χ4v) is 5.34. The first-order chi connectivity index (χ1) is 13.7. The summed E-state index contributed by atoms with van der Waals surface area (Å²) in [5.41, 5.74) is 0. The molecule has 5 nitrogen and oxygen atoms in total. The molecule has 6 heteroatoms. The maximum absolute atomic E-state index is 6.28. The molecule has 6 atom stereocenters. The second-order valence-corrected chi connectivity index (χ2v) is 10.5. The molecule has 2 fully saturated rings. The van der Waals surface area contributed by atoms with E-state index in [2.05, 4.69) is 56.5 Å². The van der Waals surface area contributed by atoms with Gasteiger partial charge < -0.3 is 9.47 Å². The maximum atomic E-state index is 6.28. The molecular formula is C23H38ClN3O2. The van der Waals surface area contributed by atoms with E-state index in [1.807, 2.05) is 0 Å². The van der Waals surface area contributed by atoms with E-state index in [0.717, 1.165) is 12.8 Å². The van der Waals surface area contributed by atoms with Gasteiger partial charge in [0, 0.05) is 0 Å². The number of hydrogen-bond donors (Lipinski definition) is 0. The van der Waals surface area contributed by atoms with Crippen molar-refractivity contribution in [3.8, 4) is 12.0 Å². The minimum Gasteiger partial charge on any atom is -0.460 e. The lowest BCUT2D eigenvalue weighted by atomic mass is 9.75. The zero-order chi connectivity index (χ0) is 21.1. The van der Waals surface area contributed by atoms with Gasteiger partial charge in [0.15, 0.2) is 0 Å². The van der Waals surface area contributed by atoms with E-state index in [-0.39, 0.29) is 17.5 Å². The highest BCUT2D eigenvalue weighted by Gasteiger charge is 2.35. The topological polar surface area (TPSA) is 57.1 Å². The van der Waals surface area contributed by atoms with Crippen LogP contribution >= 0.6 is 11.6 Å². The molecule has 0 spiro atoms. The zero-order valence-electron chi connectivity index (χ0n) is 18.9. The number of rotatable bonds is 6. The molecule has 0 aliphatic heterocycles. The lowest BCUT2D eigenvalue weighted by Gasteiger charge is -2.37. The Bertz CT molecular complexity index is 617. The molecule has 29 heavy (non-hydrogen) atoms. The van der Waals surface area contributed by atoms with Gasteiger partial charge in [0.25, 0.3) is 0 Å². The quantitative estimate of drug-likeness (QED) is 0.544. The molecule has 0 aromatic carbocycles. The lowest BCUT2D eigenvalue weighted by Crippen LogP contribution is -2.37. The van der Waals surface area contributed by atoms with Crippen LogP contribution in [0.15, 0.2) is 0 Å². The zero-order valence-corrected chi connectivity index (χ0v) is 19.7. The van der Waals surface area contributed by atoms with Crippen LogP contribution in [0.25, 0.3) is 0 Å². The predicted molar refractivity (Wildman–Crippen MR) is 116 cm³/mol. The number of aromatic nitrogens is 3. The van der Waals surface area contributed by atoms with E-state index in [4.69, 9.17) is 21.1 Å². The van der Waals surface area contributed by atoms with Crippen molar-refractivity contribution in [3.05, 3.63) is 5.28 Å². The number of halogens is 1. The molecular weight excluding hydrogens is 386 g/mol. The highest BCUT2D eigenvalue weighted by atomic mass is 35.5. The summed E-state index contributed by atoms with van der Waals surface area (Å²) in [4.78, 5) is 13.0. The Morgan fingerprint density at radius 1 is 0.724 bits per heavy atom. The van der Waals surface area contributed by atoms with Gasteiger partial charge in [-0.3, -0.25) is 0 Å². The van der Waals surface area contributed by atoms with Gasteiger partial charge in [-0.15, -0.1) is 4.98 Å². The van der Waals surface area contributed by atoms with Crippen molar-refractivity contribution in [1.29, 1.82) is 0 Å². The summed E-state index contributed by atoms with van der Waals surface area (Å²) >= 11 is 6.22. The Hall–Kier alpha value is -1.10. The van der Waals surface area contributed by atoms with Gasteiger partial charge in [0.2, 0.25) is 5.28 Å². The van der Waals surface area contributed by atoms with E-state index >= 15 is 0 Å². The minimum atomic E-state index is 0.114. The Balaban J connectivity index is 1.75. The van der Waals surface area contributed by atoms with Gasteiger partial charge in [0.1, 0.15) is 12.2 Å². The van der Waals surface area contributed by atoms with Crippen molar-refractivity contribution in [2.45, 2.75) is 92.3 Å². The van der Waals surface area contributed by atoms with Gasteiger partial charge >= 0.3 is 12.0 Å². The van der Waals surface area contributed by atoms with Crippen LogP contribution in [0.5, 0.6) is 12.0 Å². The van der Waals surface area contributed by atoms with Crippen molar-refractivity contribution in [3.63, 3.8) is 0 Å². The van der Waals surface area contributed by atoms with Crippen molar-refractivity contribution < 1.29 is 9.47 Å². The molecule has 0 amide bonds. The average Bonchev–Trinajstić information content (AvgIpc) is 2.60. The molecule has 0 unspecified atom stereocenters. The van der Waals surface area contributed by atoms with E-state index in [9.17, 15) is 0 Å². The Labute approximate surface area is 181 Å². The van der Waals surface area contributed by atoms with Gasteiger partial charge in [-0.25, -0.2) is 0 Å². The van der Waals surface area contributed by atoms with Gasteiger partial charge in [-0.2, -0.15) is 9.97 Å². The molecule has 164 valence electrons. The molecule has 1 heterocycles. The summed E-state index contributed by atoms with van der Waals surface area (Å²) in [7, 11) is 0. The van der Waals surface area contributed by atoms with Crippen molar-refractivity contribution >= 4 is 11.6 Å². The van der Waals surface area contributed by atoms with Crippen LogP contribution in [0.3, 0.4) is 0 Å². The summed E-state index contributed by atoms with van der Waals surface area (Å²) in [6.45, 7) is 13.6. The lowest BCUT2D eigenvalue weighted by molar-refractivity contribution is 0.0288. The van der Waals surface area contributed by atoms with Crippen LogP contribution in [0.2, 0.25) is 5.28 Å². The largest absolute Gasteiger partial charge is 0.460 e. The molecule has 0 N–H and O–H groups in total. The fourth-order valence-electron chi connectivity index (χ4n) is 5.19. The number of ether oxygens (including phenoxy) is 2. The van der Waals surface area contributed by atoms with Crippen molar-refractivity contribution in [1.82, 2.24) is 15.0 Å². The molecule has 2 aliphatic rings. The van der Waals surface area contributed by atoms with Gasteiger partial charge in [0.05, 0.1) is 0 Å². The number of nitrogens with zero attached hydrogens (tertiary/aromatic N) is 3. The molecule has 0 bridgehead atoms. The summed E-state index contributed by atoms with van der Waals surface area (Å²) < 4.78 is 12.6. The average molecular weight is 424 g/mol. The smallest absolute Gasteiger partial charge is 0.324 e. The third-order valence-electron chi connectivity index (χ3n) is 7.00. The number of hydrogen-bond acceptors (Lipinski definition) is 5. The fraction of sp³-hybridized carbons (Fsp3) is 0.870. The van der Waals surface area contributed by atoms with Crippen LogP contribution in [0.4, 0.5) is 0 Å². The summed E-state index contributed by atoms with van der Waals surface area (Å²) in [5, 5.41) is 0.139. The maximum Gasteiger partial charge on any atom is 0.324 e. The van der Waals surface area contributed by atoms with Crippen LogP contribution in [0, 0.1) is 35.5 Å². The first kappa shape index (κ1) is 22.6. The third kappa shape index (κ3) is 5.96. The van der Waals surface area contributed by atoms with E-state index in [1.54, 1.807) is 0 Å². The second kappa shape index (κ2) is 9.80. The third-order valence-corrected chi connectivity index (χ3v) is 7.17. The predicted octanol–water partition coefficient (Wildman–Crippen LogP) is 6.20. The van der Waals surface area contributed by atoms with Crippen LogP contribution in [-0.4, -0.2) is 27.2 Å². The highest BCUT2D eigenvalue weighted by molar-refractivity contribution is 6.28. The van der Waals surface area contributed by atoms with Crippen molar-refractivity contribution in [2.75, 3.05) is 0 Å².